The van der Waals surface area contributed by atoms with Gasteiger partial charge in [0.25, 0.3) is 0 Å². The van der Waals surface area contributed by atoms with Gasteiger partial charge in [-0.3, -0.25) is 0 Å². The number of hydrogen-bond acceptors (Lipinski definition) is 4. The van der Waals surface area contributed by atoms with Gasteiger partial charge in [0.05, 0.1) is 15.6 Å². The molecule has 4 nitrogen and oxygen atoms in total. The fourth-order valence-electron chi connectivity index (χ4n) is 2.95. The molecule has 8 heteroatoms. The Balaban J connectivity index is 2.16. The standard InChI is InChI=1S/C15H12BrClF2N4/c1-7-4-8(6-20)2-3-23(7)14-9-5-10(17)11(16)12(18)13(9)21-15(19)22-14/h5,7-8H,2-4H2,1H3. The molecule has 0 saturated carbocycles. The van der Waals surface area contributed by atoms with Gasteiger partial charge in [-0.15, -0.1) is 0 Å². The lowest BCUT2D eigenvalue weighted by molar-refractivity contribution is 0.412. The van der Waals surface area contributed by atoms with Gasteiger partial charge in [0.1, 0.15) is 11.3 Å². The maximum absolute atomic E-state index is 14.4. The molecule has 1 saturated heterocycles. The first-order valence-electron chi connectivity index (χ1n) is 7.09. The van der Waals surface area contributed by atoms with E-state index in [2.05, 4.69) is 32.0 Å². The van der Waals surface area contributed by atoms with Crippen LogP contribution in [0.15, 0.2) is 10.5 Å². The predicted octanol–water partition coefficient (Wildman–Crippen LogP) is 4.45. The fraction of sp³-hybridized carbons (Fsp3) is 0.400. The summed E-state index contributed by atoms with van der Waals surface area (Å²) < 4.78 is 28.2. The molecule has 2 aromatic rings. The van der Waals surface area contributed by atoms with Gasteiger partial charge >= 0.3 is 6.08 Å². The number of piperidine rings is 1. The van der Waals surface area contributed by atoms with Gasteiger partial charge in [-0.25, -0.2) is 4.39 Å². The van der Waals surface area contributed by atoms with E-state index in [1.807, 2.05) is 11.8 Å². The van der Waals surface area contributed by atoms with E-state index in [0.717, 1.165) is 0 Å². The van der Waals surface area contributed by atoms with E-state index in [9.17, 15) is 8.78 Å². The van der Waals surface area contributed by atoms with Crippen LogP contribution in [0.1, 0.15) is 19.8 Å². The molecule has 0 amide bonds. The summed E-state index contributed by atoms with van der Waals surface area (Å²) in [5.41, 5.74) is -0.113. The van der Waals surface area contributed by atoms with Crippen molar-refractivity contribution in [2.45, 2.75) is 25.8 Å². The number of nitrogens with zero attached hydrogens (tertiary/aromatic N) is 4. The van der Waals surface area contributed by atoms with Gasteiger partial charge in [0, 0.05) is 23.9 Å². The Hall–Kier alpha value is -1.52. The van der Waals surface area contributed by atoms with Crippen LogP contribution in [0.5, 0.6) is 0 Å². The Kier molecular flexibility index (Phi) is 4.39. The molecule has 2 heterocycles. The topological polar surface area (TPSA) is 52.8 Å². The first-order chi connectivity index (χ1) is 10.9. The van der Waals surface area contributed by atoms with Crippen LogP contribution in [0.4, 0.5) is 14.6 Å². The third kappa shape index (κ3) is 2.86. The summed E-state index contributed by atoms with van der Waals surface area (Å²) in [5.74, 6) is -0.437. The van der Waals surface area contributed by atoms with E-state index < -0.39 is 11.9 Å². The number of anilines is 1. The smallest absolute Gasteiger partial charge is 0.311 e. The molecular weight excluding hydrogens is 390 g/mol. The number of hydrogen-bond donors (Lipinski definition) is 0. The van der Waals surface area contributed by atoms with Crippen molar-refractivity contribution in [2.24, 2.45) is 5.92 Å². The van der Waals surface area contributed by atoms with E-state index in [0.29, 0.717) is 30.6 Å². The lowest BCUT2D eigenvalue weighted by Gasteiger charge is -2.36. The van der Waals surface area contributed by atoms with E-state index in [-0.39, 0.29) is 27.0 Å². The Bertz CT molecular complexity index is 823. The zero-order valence-corrected chi connectivity index (χ0v) is 14.5. The summed E-state index contributed by atoms with van der Waals surface area (Å²) >= 11 is 9.06. The fourth-order valence-corrected chi connectivity index (χ4v) is 3.45. The van der Waals surface area contributed by atoms with E-state index in [1.54, 1.807) is 0 Å². The maximum Gasteiger partial charge on any atom is 0.311 e. The SMILES string of the molecule is CC1CC(C#N)CCN1c1nc(F)nc2c(F)c(Br)c(Cl)cc12. The van der Waals surface area contributed by atoms with Crippen LogP contribution in [-0.2, 0) is 0 Å². The summed E-state index contributed by atoms with van der Waals surface area (Å²) in [6.45, 7) is 2.48. The summed E-state index contributed by atoms with van der Waals surface area (Å²) in [6.07, 6.45) is 0.312. The normalized spacial score (nSPS) is 21.5. The van der Waals surface area contributed by atoms with Crippen LogP contribution >= 0.6 is 27.5 Å². The summed E-state index contributed by atoms with van der Waals surface area (Å²) in [5, 5.41) is 9.59. The zero-order chi connectivity index (χ0) is 16.7. The van der Waals surface area contributed by atoms with Crippen molar-refractivity contribution >= 4 is 44.3 Å². The molecule has 0 aliphatic carbocycles. The zero-order valence-electron chi connectivity index (χ0n) is 12.2. The van der Waals surface area contributed by atoms with Crippen LogP contribution in [0.25, 0.3) is 10.9 Å². The van der Waals surface area contributed by atoms with Crippen molar-refractivity contribution in [1.29, 1.82) is 5.26 Å². The van der Waals surface area contributed by atoms with Crippen molar-refractivity contribution in [3.63, 3.8) is 0 Å². The largest absolute Gasteiger partial charge is 0.353 e. The molecule has 1 aliphatic rings. The van der Waals surface area contributed by atoms with Crippen LogP contribution in [0.3, 0.4) is 0 Å². The number of rotatable bonds is 1. The quantitative estimate of drug-likeness (QED) is 0.523. The molecule has 120 valence electrons. The van der Waals surface area contributed by atoms with Crippen molar-refractivity contribution in [3.05, 3.63) is 27.5 Å². The molecule has 23 heavy (non-hydrogen) atoms. The van der Waals surface area contributed by atoms with Gasteiger partial charge in [-0.2, -0.15) is 19.6 Å². The lowest BCUT2D eigenvalue weighted by Crippen LogP contribution is -2.41. The molecule has 1 aromatic heterocycles. The van der Waals surface area contributed by atoms with Gasteiger partial charge in [0.2, 0.25) is 0 Å². The van der Waals surface area contributed by atoms with E-state index in [4.69, 9.17) is 16.9 Å². The lowest BCUT2D eigenvalue weighted by atomic mass is 9.92. The molecule has 2 unspecified atom stereocenters. The highest BCUT2D eigenvalue weighted by atomic mass is 79.9. The highest BCUT2D eigenvalue weighted by Crippen LogP contribution is 2.37. The minimum absolute atomic E-state index is 0.0172. The second-order valence-corrected chi connectivity index (χ2v) is 6.79. The third-order valence-corrected chi connectivity index (χ3v) is 5.41. The highest BCUT2D eigenvalue weighted by molar-refractivity contribution is 9.10. The molecule has 0 spiro atoms. The van der Waals surface area contributed by atoms with Crippen LogP contribution < -0.4 is 4.90 Å². The van der Waals surface area contributed by atoms with Crippen molar-refractivity contribution in [1.82, 2.24) is 9.97 Å². The van der Waals surface area contributed by atoms with Gasteiger partial charge in [-0.1, -0.05) is 11.6 Å². The predicted molar refractivity (Wildman–Crippen MR) is 87.3 cm³/mol. The summed E-state index contributed by atoms with van der Waals surface area (Å²) in [7, 11) is 0. The molecule has 1 aromatic carbocycles. The minimum Gasteiger partial charge on any atom is -0.353 e. The van der Waals surface area contributed by atoms with E-state index >= 15 is 0 Å². The van der Waals surface area contributed by atoms with Gasteiger partial charge in [0.15, 0.2) is 5.82 Å². The van der Waals surface area contributed by atoms with Crippen molar-refractivity contribution in [2.75, 3.05) is 11.4 Å². The van der Waals surface area contributed by atoms with Gasteiger partial charge < -0.3 is 4.90 Å². The maximum atomic E-state index is 14.4. The Morgan fingerprint density at radius 3 is 2.83 bits per heavy atom. The molecule has 0 N–H and O–H groups in total. The van der Waals surface area contributed by atoms with E-state index in [1.165, 1.54) is 6.07 Å². The average molecular weight is 402 g/mol. The van der Waals surface area contributed by atoms with Crippen molar-refractivity contribution < 1.29 is 8.78 Å². The average Bonchev–Trinajstić information content (AvgIpc) is 2.53. The Morgan fingerprint density at radius 2 is 2.17 bits per heavy atom. The Morgan fingerprint density at radius 1 is 1.43 bits per heavy atom. The molecule has 1 fully saturated rings. The van der Waals surface area contributed by atoms with Crippen LogP contribution in [0, 0.1) is 29.1 Å². The summed E-state index contributed by atoms with van der Waals surface area (Å²) in [6, 6.07) is 3.77. The molecule has 0 bridgehead atoms. The monoisotopic (exact) mass is 400 g/mol. The third-order valence-electron chi connectivity index (χ3n) is 4.11. The molecule has 3 rings (SSSR count). The number of benzene rings is 1. The Labute approximate surface area is 145 Å². The van der Waals surface area contributed by atoms with Crippen LogP contribution in [0.2, 0.25) is 5.02 Å². The second-order valence-electron chi connectivity index (χ2n) is 5.59. The van der Waals surface area contributed by atoms with Gasteiger partial charge in [-0.05, 0) is 41.8 Å². The summed E-state index contributed by atoms with van der Waals surface area (Å²) in [4.78, 5) is 9.31. The molecule has 1 aliphatic heterocycles. The second kappa shape index (κ2) is 6.17. The molecular formula is C15H12BrClF2N4. The number of aromatic nitrogens is 2. The number of halogens is 4. The van der Waals surface area contributed by atoms with Crippen LogP contribution in [-0.4, -0.2) is 22.6 Å². The number of nitriles is 1. The minimum atomic E-state index is -0.991. The highest BCUT2D eigenvalue weighted by Gasteiger charge is 2.29. The first kappa shape index (κ1) is 16.3. The van der Waals surface area contributed by atoms with Crippen molar-refractivity contribution in [3.8, 4) is 6.07 Å². The molecule has 2 atom stereocenters. The number of fused-ring (bicyclic) bond motifs is 1. The first-order valence-corrected chi connectivity index (χ1v) is 8.26. The molecule has 0 radical (unpaired) electrons.